The van der Waals surface area contributed by atoms with Gasteiger partial charge in [0.2, 0.25) is 0 Å². The van der Waals surface area contributed by atoms with Gasteiger partial charge < -0.3 is 14.8 Å². The van der Waals surface area contributed by atoms with Gasteiger partial charge in [0.1, 0.15) is 12.4 Å². The minimum Gasteiger partial charge on any atom is -0.497 e. The Morgan fingerprint density at radius 1 is 0.968 bits per heavy atom. The first-order valence-corrected chi connectivity index (χ1v) is 10.1. The number of fused-ring (bicyclic) bond motifs is 3. The Hall–Kier alpha value is -3.86. The normalized spacial score (nSPS) is 12.3. The molecule has 0 saturated carbocycles. The highest BCUT2D eigenvalue weighted by Gasteiger charge is 2.28. The van der Waals surface area contributed by atoms with Gasteiger partial charge in [-0.2, -0.15) is 0 Å². The van der Waals surface area contributed by atoms with Crippen LogP contribution in [-0.4, -0.2) is 32.6 Å². The second-order valence-electron chi connectivity index (χ2n) is 7.22. The monoisotopic (exact) mass is 413 g/mol. The summed E-state index contributed by atoms with van der Waals surface area (Å²) < 4.78 is 10.7. The number of rotatable bonds is 7. The van der Waals surface area contributed by atoms with Crippen molar-refractivity contribution in [3.8, 4) is 16.9 Å². The van der Waals surface area contributed by atoms with Gasteiger partial charge >= 0.3 is 6.09 Å². The number of nitrogens with one attached hydrogen (secondary N) is 1. The Labute approximate surface area is 181 Å². The fourth-order valence-electron chi connectivity index (χ4n) is 3.91. The zero-order chi connectivity index (χ0) is 21.6. The number of carbonyl (C=O) groups excluding carboxylic acids is 2. The van der Waals surface area contributed by atoms with Gasteiger partial charge in [-0.1, -0.05) is 60.7 Å². The van der Waals surface area contributed by atoms with E-state index in [1.165, 1.54) is 22.3 Å². The third kappa shape index (κ3) is 4.36. The van der Waals surface area contributed by atoms with Crippen LogP contribution in [0.5, 0.6) is 5.75 Å². The van der Waals surface area contributed by atoms with Gasteiger partial charge in [0.05, 0.1) is 7.11 Å². The van der Waals surface area contributed by atoms with Crippen LogP contribution >= 0.6 is 0 Å². The van der Waals surface area contributed by atoms with Crippen LogP contribution in [0.4, 0.5) is 4.79 Å². The van der Waals surface area contributed by atoms with E-state index in [4.69, 9.17) is 9.47 Å². The van der Waals surface area contributed by atoms with Gasteiger partial charge in [0, 0.05) is 18.0 Å². The van der Waals surface area contributed by atoms with E-state index in [9.17, 15) is 9.59 Å². The zero-order valence-corrected chi connectivity index (χ0v) is 17.2. The highest BCUT2D eigenvalue weighted by atomic mass is 16.5. The standard InChI is InChI=1S/C26H23NO4/c1-30-20-13-12-19(16-28)18(15-20)7-6-14-27-26(29)31-17-25-23-10-4-2-8-21(23)22-9-3-5-11-24(22)25/h2-13,15-16,25H,14,17H2,1H3,(H,27,29). The molecular formula is C26H23NO4. The van der Waals surface area contributed by atoms with Gasteiger partial charge in [-0.3, -0.25) is 4.79 Å². The number of aldehydes is 1. The molecule has 0 saturated heterocycles. The van der Waals surface area contributed by atoms with Crippen molar-refractivity contribution in [2.24, 2.45) is 0 Å². The van der Waals surface area contributed by atoms with E-state index in [1.54, 1.807) is 37.5 Å². The largest absolute Gasteiger partial charge is 0.497 e. The molecule has 31 heavy (non-hydrogen) atoms. The maximum absolute atomic E-state index is 12.2. The lowest BCUT2D eigenvalue weighted by atomic mass is 9.98. The van der Waals surface area contributed by atoms with E-state index in [-0.39, 0.29) is 19.1 Å². The maximum Gasteiger partial charge on any atom is 0.407 e. The number of benzene rings is 3. The summed E-state index contributed by atoms with van der Waals surface area (Å²) >= 11 is 0. The molecule has 3 aromatic carbocycles. The molecule has 0 fully saturated rings. The summed E-state index contributed by atoms with van der Waals surface area (Å²) in [5, 5.41) is 2.72. The first kappa shape index (κ1) is 20.4. The van der Waals surface area contributed by atoms with Crippen LogP contribution in [0.2, 0.25) is 0 Å². The molecule has 1 N–H and O–H groups in total. The van der Waals surface area contributed by atoms with Crippen LogP contribution in [0.15, 0.2) is 72.8 Å². The number of amides is 1. The summed E-state index contributed by atoms with van der Waals surface area (Å²) in [4.78, 5) is 23.4. The molecule has 0 radical (unpaired) electrons. The molecule has 0 spiro atoms. The maximum atomic E-state index is 12.2. The third-order valence-corrected chi connectivity index (χ3v) is 5.43. The molecule has 4 rings (SSSR count). The summed E-state index contributed by atoms with van der Waals surface area (Å²) in [6.45, 7) is 0.556. The van der Waals surface area contributed by atoms with Crippen molar-refractivity contribution in [3.05, 3.63) is 95.1 Å². The predicted molar refractivity (Wildman–Crippen MR) is 120 cm³/mol. The van der Waals surface area contributed by atoms with Gasteiger partial charge in [0.25, 0.3) is 0 Å². The number of carbonyl (C=O) groups is 2. The Kier molecular flexibility index (Phi) is 6.13. The molecule has 1 amide bonds. The summed E-state index contributed by atoms with van der Waals surface area (Å²) in [6.07, 6.45) is 3.85. The number of methoxy groups -OCH3 is 1. The highest BCUT2D eigenvalue weighted by molar-refractivity contribution is 5.82. The topological polar surface area (TPSA) is 64.6 Å². The molecule has 0 unspecified atom stereocenters. The molecule has 5 nitrogen and oxygen atoms in total. The van der Waals surface area contributed by atoms with E-state index in [0.29, 0.717) is 11.3 Å². The van der Waals surface area contributed by atoms with Crippen molar-refractivity contribution in [1.82, 2.24) is 5.32 Å². The zero-order valence-electron chi connectivity index (χ0n) is 17.2. The molecule has 0 aromatic heterocycles. The fourth-order valence-corrected chi connectivity index (χ4v) is 3.91. The Morgan fingerprint density at radius 2 is 1.65 bits per heavy atom. The van der Waals surface area contributed by atoms with Crippen LogP contribution in [0.3, 0.4) is 0 Å². The van der Waals surface area contributed by atoms with E-state index < -0.39 is 6.09 Å². The summed E-state index contributed by atoms with van der Waals surface area (Å²) in [6, 6.07) is 21.6. The fraction of sp³-hybridized carbons (Fsp3) is 0.154. The molecule has 0 bridgehead atoms. The van der Waals surface area contributed by atoms with E-state index in [1.807, 2.05) is 24.3 Å². The summed E-state index contributed by atoms with van der Waals surface area (Å²) in [7, 11) is 1.57. The quantitative estimate of drug-likeness (QED) is 0.550. The lowest BCUT2D eigenvalue weighted by Crippen LogP contribution is -2.26. The SMILES string of the molecule is COc1ccc(C=O)c(C=CCNC(=O)OCC2c3ccccc3-c3ccccc32)c1. The molecule has 0 heterocycles. The molecule has 0 atom stereocenters. The van der Waals surface area contributed by atoms with Crippen molar-refractivity contribution < 1.29 is 19.1 Å². The average Bonchev–Trinajstić information content (AvgIpc) is 3.14. The number of hydrogen-bond acceptors (Lipinski definition) is 4. The number of ether oxygens (including phenoxy) is 2. The number of hydrogen-bond donors (Lipinski definition) is 1. The first-order valence-electron chi connectivity index (χ1n) is 10.1. The van der Waals surface area contributed by atoms with Crippen molar-refractivity contribution in [3.63, 3.8) is 0 Å². The first-order chi connectivity index (χ1) is 15.2. The number of alkyl carbamates (subject to hydrolysis) is 1. The molecule has 156 valence electrons. The molecule has 1 aliphatic carbocycles. The van der Waals surface area contributed by atoms with E-state index in [2.05, 4.69) is 29.6 Å². The Bertz CT molecular complexity index is 1090. The molecule has 5 heteroatoms. The van der Waals surface area contributed by atoms with Gasteiger partial charge in [-0.05, 0) is 46.0 Å². The Balaban J connectivity index is 1.35. The molecule has 0 aliphatic heterocycles. The average molecular weight is 413 g/mol. The second-order valence-corrected chi connectivity index (χ2v) is 7.22. The lowest BCUT2D eigenvalue weighted by Gasteiger charge is -2.14. The van der Waals surface area contributed by atoms with Crippen molar-refractivity contribution in [1.29, 1.82) is 0 Å². The van der Waals surface area contributed by atoms with Crippen LogP contribution in [0.25, 0.3) is 17.2 Å². The van der Waals surface area contributed by atoms with Gasteiger partial charge in [-0.25, -0.2) is 4.79 Å². The molecule has 1 aliphatic rings. The lowest BCUT2D eigenvalue weighted by molar-refractivity contribution is 0.112. The van der Waals surface area contributed by atoms with Crippen molar-refractivity contribution >= 4 is 18.5 Å². The molecule has 3 aromatic rings. The van der Waals surface area contributed by atoms with Gasteiger partial charge in [0.15, 0.2) is 6.29 Å². The Morgan fingerprint density at radius 3 is 2.29 bits per heavy atom. The van der Waals surface area contributed by atoms with Crippen LogP contribution in [-0.2, 0) is 4.74 Å². The molecular weight excluding hydrogens is 390 g/mol. The second kappa shape index (κ2) is 9.30. The third-order valence-electron chi connectivity index (χ3n) is 5.43. The minimum atomic E-state index is -0.479. The van der Waals surface area contributed by atoms with Crippen LogP contribution < -0.4 is 10.1 Å². The predicted octanol–water partition coefficient (Wildman–Crippen LogP) is 5.06. The van der Waals surface area contributed by atoms with E-state index >= 15 is 0 Å². The van der Waals surface area contributed by atoms with E-state index in [0.717, 1.165) is 11.8 Å². The van der Waals surface area contributed by atoms with Gasteiger partial charge in [-0.15, -0.1) is 0 Å². The summed E-state index contributed by atoms with van der Waals surface area (Å²) in [5.41, 5.74) is 6.02. The van der Waals surface area contributed by atoms with Crippen LogP contribution in [0, 0.1) is 0 Å². The highest BCUT2D eigenvalue weighted by Crippen LogP contribution is 2.44. The van der Waals surface area contributed by atoms with Crippen molar-refractivity contribution in [2.75, 3.05) is 20.3 Å². The van der Waals surface area contributed by atoms with Crippen LogP contribution in [0.1, 0.15) is 33.0 Å². The minimum absolute atomic E-state index is 0.0284. The van der Waals surface area contributed by atoms with Crippen molar-refractivity contribution in [2.45, 2.75) is 5.92 Å². The smallest absolute Gasteiger partial charge is 0.407 e. The summed E-state index contributed by atoms with van der Waals surface area (Å²) in [5.74, 6) is 0.690.